The average Bonchev–Trinajstić information content (AvgIpc) is 2.90. The number of halogens is 1. The summed E-state index contributed by atoms with van der Waals surface area (Å²) in [4.78, 5) is 15.8. The monoisotopic (exact) mass is 320 g/mol. The smallest absolute Gasteiger partial charge is 0.257 e. The first-order valence-electron chi connectivity index (χ1n) is 5.52. The highest BCUT2D eigenvalue weighted by Crippen LogP contribution is 2.29. The quantitative estimate of drug-likeness (QED) is 0.886. The van der Waals surface area contributed by atoms with E-state index in [1.54, 1.807) is 6.08 Å². The van der Waals surface area contributed by atoms with Gasteiger partial charge in [0.1, 0.15) is 18.7 Å². The largest absolute Gasteiger partial charge is 0.488 e. The van der Waals surface area contributed by atoms with Crippen molar-refractivity contribution in [2.24, 2.45) is 0 Å². The van der Waals surface area contributed by atoms with Gasteiger partial charge in [0.05, 0.1) is 5.57 Å². The number of rotatable bonds is 2. The van der Waals surface area contributed by atoms with Crippen molar-refractivity contribution in [1.29, 1.82) is 0 Å². The molecule has 0 aliphatic carbocycles. The predicted molar refractivity (Wildman–Crippen MR) is 72.6 cm³/mol. The SMILES string of the molecule is O=C(Nc1ncn[nH]1)C1=Cc2cc(Br)ccc2OC1. The van der Waals surface area contributed by atoms with E-state index in [1.165, 1.54) is 6.33 Å². The van der Waals surface area contributed by atoms with E-state index >= 15 is 0 Å². The number of amides is 1. The highest BCUT2D eigenvalue weighted by molar-refractivity contribution is 9.10. The van der Waals surface area contributed by atoms with Crippen molar-refractivity contribution in [1.82, 2.24) is 15.2 Å². The first-order chi connectivity index (χ1) is 9.22. The molecule has 0 spiro atoms. The molecule has 1 aromatic heterocycles. The van der Waals surface area contributed by atoms with E-state index in [2.05, 4.69) is 36.4 Å². The van der Waals surface area contributed by atoms with Crippen LogP contribution in [-0.4, -0.2) is 27.7 Å². The van der Waals surface area contributed by atoms with Crippen LogP contribution in [-0.2, 0) is 4.79 Å². The van der Waals surface area contributed by atoms with Crippen molar-refractivity contribution >= 4 is 33.9 Å². The van der Waals surface area contributed by atoms with E-state index < -0.39 is 0 Å². The molecule has 1 aliphatic heterocycles. The van der Waals surface area contributed by atoms with Crippen LogP contribution in [0.3, 0.4) is 0 Å². The maximum absolute atomic E-state index is 12.0. The molecule has 0 unspecified atom stereocenters. The van der Waals surface area contributed by atoms with Crippen LogP contribution < -0.4 is 10.1 Å². The zero-order valence-corrected chi connectivity index (χ0v) is 11.3. The Kier molecular flexibility index (Phi) is 3.04. The second-order valence-corrected chi connectivity index (χ2v) is 4.84. The molecule has 19 heavy (non-hydrogen) atoms. The van der Waals surface area contributed by atoms with Crippen LogP contribution in [0, 0.1) is 0 Å². The maximum atomic E-state index is 12.0. The first-order valence-corrected chi connectivity index (χ1v) is 6.31. The van der Waals surface area contributed by atoms with Gasteiger partial charge >= 0.3 is 0 Å². The number of fused-ring (bicyclic) bond motifs is 1. The van der Waals surface area contributed by atoms with Gasteiger partial charge in [0.2, 0.25) is 5.95 Å². The standard InChI is InChI=1S/C12H9BrN4O2/c13-9-1-2-10-7(4-9)3-8(5-19-10)11(18)16-12-14-6-15-17-12/h1-4,6H,5H2,(H2,14,15,16,17,18). The minimum absolute atomic E-state index is 0.231. The summed E-state index contributed by atoms with van der Waals surface area (Å²) in [5.74, 6) is 0.813. The lowest BCUT2D eigenvalue weighted by molar-refractivity contribution is -0.113. The molecule has 2 aromatic rings. The van der Waals surface area contributed by atoms with Crippen molar-refractivity contribution in [3.05, 3.63) is 40.1 Å². The summed E-state index contributed by atoms with van der Waals surface area (Å²) in [5, 5.41) is 8.84. The molecule has 6 nitrogen and oxygen atoms in total. The van der Waals surface area contributed by atoms with Gasteiger partial charge in [-0.3, -0.25) is 10.1 Å². The summed E-state index contributed by atoms with van der Waals surface area (Å²) >= 11 is 3.39. The van der Waals surface area contributed by atoms with E-state index in [9.17, 15) is 4.79 Å². The minimum Gasteiger partial charge on any atom is -0.488 e. The average molecular weight is 321 g/mol. The number of nitrogens with zero attached hydrogens (tertiary/aromatic N) is 2. The van der Waals surface area contributed by atoms with Gasteiger partial charge in [0, 0.05) is 10.0 Å². The third kappa shape index (κ3) is 2.50. The number of aromatic amines is 1. The molecule has 2 heterocycles. The number of anilines is 1. The molecule has 7 heteroatoms. The molecule has 0 saturated carbocycles. The molecular weight excluding hydrogens is 312 g/mol. The molecule has 1 aliphatic rings. The van der Waals surface area contributed by atoms with Crippen LogP contribution >= 0.6 is 15.9 Å². The molecule has 0 saturated heterocycles. The zero-order chi connectivity index (χ0) is 13.2. The Labute approximate surface area is 117 Å². The van der Waals surface area contributed by atoms with E-state index in [1.807, 2.05) is 18.2 Å². The van der Waals surface area contributed by atoms with E-state index in [0.29, 0.717) is 11.5 Å². The fraction of sp³-hybridized carbons (Fsp3) is 0.0833. The van der Waals surface area contributed by atoms with Gasteiger partial charge < -0.3 is 4.74 Å². The Morgan fingerprint density at radius 1 is 1.47 bits per heavy atom. The van der Waals surface area contributed by atoms with Crippen LogP contribution in [0.5, 0.6) is 5.75 Å². The molecule has 96 valence electrons. The lowest BCUT2D eigenvalue weighted by Gasteiger charge is -2.17. The second-order valence-electron chi connectivity index (χ2n) is 3.93. The van der Waals surface area contributed by atoms with Gasteiger partial charge in [-0.2, -0.15) is 10.1 Å². The van der Waals surface area contributed by atoms with Crippen molar-refractivity contribution in [2.45, 2.75) is 0 Å². The molecule has 1 aromatic carbocycles. The summed E-state index contributed by atoms with van der Waals surface area (Å²) in [6, 6.07) is 5.66. The molecule has 3 rings (SSSR count). The topological polar surface area (TPSA) is 79.9 Å². The number of hydrogen-bond acceptors (Lipinski definition) is 4. The van der Waals surface area contributed by atoms with E-state index in [-0.39, 0.29) is 12.5 Å². The highest BCUT2D eigenvalue weighted by Gasteiger charge is 2.18. The molecule has 0 bridgehead atoms. The van der Waals surface area contributed by atoms with Crippen LogP contribution in [0.25, 0.3) is 6.08 Å². The second kappa shape index (κ2) is 4.85. The Morgan fingerprint density at radius 3 is 3.16 bits per heavy atom. The number of nitrogens with one attached hydrogen (secondary N) is 2. The van der Waals surface area contributed by atoms with Crippen molar-refractivity contribution in [3.63, 3.8) is 0 Å². The van der Waals surface area contributed by atoms with Crippen molar-refractivity contribution in [3.8, 4) is 5.75 Å². The molecule has 0 radical (unpaired) electrons. The number of aromatic nitrogens is 3. The minimum atomic E-state index is -0.262. The summed E-state index contributed by atoms with van der Waals surface area (Å²) < 4.78 is 6.47. The Hall–Kier alpha value is -2.15. The lowest BCUT2D eigenvalue weighted by Crippen LogP contribution is -2.21. The molecule has 0 fully saturated rings. The fourth-order valence-corrected chi connectivity index (χ4v) is 2.11. The maximum Gasteiger partial charge on any atom is 0.257 e. The number of carbonyl (C=O) groups is 1. The van der Waals surface area contributed by atoms with Crippen LogP contribution in [0.15, 0.2) is 34.6 Å². The molecular formula is C12H9BrN4O2. The van der Waals surface area contributed by atoms with Crippen LogP contribution in [0.2, 0.25) is 0 Å². The van der Waals surface area contributed by atoms with E-state index in [0.717, 1.165) is 15.8 Å². The molecule has 2 N–H and O–H groups in total. The number of hydrogen-bond donors (Lipinski definition) is 2. The number of carbonyl (C=O) groups excluding carboxylic acids is 1. The van der Waals surface area contributed by atoms with Gasteiger partial charge in [-0.05, 0) is 24.3 Å². The number of H-pyrrole nitrogens is 1. The van der Waals surface area contributed by atoms with E-state index in [4.69, 9.17) is 4.74 Å². The third-order valence-electron chi connectivity index (χ3n) is 2.62. The van der Waals surface area contributed by atoms with Gasteiger partial charge in [-0.25, -0.2) is 5.10 Å². The van der Waals surface area contributed by atoms with Gasteiger partial charge in [0.25, 0.3) is 5.91 Å². The Morgan fingerprint density at radius 2 is 2.37 bits per heavy atom. The normalized spacial score (nSPS) is 13.2. The highest BCUT2D eigenvalue weighted by atomic mass is 79.9. The lowest BCUT2D eigenvalue weighted by atomic mass is 10.1. The van der Waals surface area contributed by atoms with Crippen molar-refractivity contribution in [2.75, 3.05) is 11.9 Å². The van der Waals surface area contributed by atoms with Gasteiger partial charge in [0.15, 0.2) is 0 Å². The summed E-state index contributed by atoms with van der Waals surface area (Å²) in [6.07, 6.45) is 3.13. The van der Waals surface area contributed by atoms with Crippen molar-refractivity contribution < 1.29 is 9.53 Å². The first kappa shape index (κ1) is 11.9. The summed E-state index contributed by atoms with van der Waals surface area (Å²) in [5.41, 5.74) is 1.39. The number of benzene rings is 1. The van der Waals surface area contributed by atoms with Crippen LogP contribution in [0.1, 0.15) is 5.56 Å². The Balaban J connectivity index is 1.84. The fourth-order valence-electron chi connectivity index (χ4n) is 1.73. The number of ether oxygens (including phenoxy) is 1. The van der Waals surface area contributed by atoms with Crippen LogP contribution in [0.4, 0.5) is 5.95 Å². The molecule has 1 amide bonds. The molecule has 0 atom stereocenters. The van der Waals surface area contributed by atoms with Gasteiger partial charge in [-0.1, -0.05) is 15.9 Å². The third-order valence-corrected chi connectivity index (χ3v) is 3.12. The van der Waals surface area contributed by atoms with Gasteiger partial charge in [-0.15, -0.1) is 0 Å². The summed E-state index contributed by atoms with van der Waals surface area (Å²) in [6.45, 7) is 0.231. The summed E-state index contributed by atoms with van der Waals surface area (Å²) in [7, 11) is 0. The Bertz CT molecular complexity index is 652. The predicted octanol–water partition coefficient (Wildman–Crippen LogP) is 1.98. The zero-order valence-electron chi connectivity index (χ0n) is 9.68.